The fourth-order valence-electron chi connectivity index (χ4n) is 2.20. The molecular formula is C14H20N2O3. The van der Waals surface area contributed by atoms with E-state index < -0.39 is 0 Å². The van der Waals surface area contributed by atoms with Crippen LogP contribution in [0.1, 0.15) is 25.7 Å². The topological polar surface area (TPSA) is 73.6 Å². The van der Waals surface area contributed by atoms with E-state index in [1.165, 1.54) is 0 Å². The SMILES string of the molecule is COc1ccc(N)cc1NC(=O)CC1CCCCO1. The summed E-state index contributed by atoms with van der Waals surface area (Å²) in [5, 5.41) is 2.83. The summed E-state index contributed by atoms with van der Waals surface area (Å²) in [4.78, 5) is 12.0. The van der Waals surface area contributed by atoms with E-state index in [1.54, 1.807) is 25.3 Å². The molecule has 1 heterocycles. The van der Waals surface area contributed by atoms with E-state index in [0.29, 0.717) is 23.5 Å². The summed E-state index contributed by atoms with van der Waals surface area (Å²) in [7, 11) is 1.56. The van der Waals surface area contributed by atoms with Crippen molar-refractivity contribution >= 4 is 17.3 Å². The fraction of sp³-hybridized carbons (Fsp3) is 0.500. The highest BCUT2D eigenvalue weighted by molar-refractivity contribution is 5.93. The fourth-order valence-corrected chi connectivity index (χ4v) is 2.20. The number of anilines is 2. The van der Waals surface area contributed by atoms with Crippen molar-refractivity contribution < 1.29 is 14.3 Å². The lowest BCUT2D eigenvalue weighted by molar-refractivity contribution is -0.119. The Morgan fingerprint density at radius 1 is 1.53 bits per heavy atom. The molecule has 5 heteroatoms. The zero-order chi connectivity index (χ0) is 13.7. The van der Waals surface area contributed by atoms with Gasteiger partial charge in [-0.05, 0) is 37.5 Å². The van der Waals surface area contributed by atoms with Gasteiger partial charge in [0.25, 0.3) is 0 Å². The minimum Gasteiger partial charge on any atom is -0.495 e. The van der Waals surface area contributed by atoms with Crippen molar-refractivity contribution in [3.05, 3.63) is 18.2 Å². The molecule has 0 saturated carbocycles. The molecule has 1 fully saturated rings. The Balaban J connectivity index is 1.95. The highest BCUT2D eigenvalue weighted by Gasteiger charge is 2.18. The summed E-state index contributed by atoms with van der Waals surface area (Å²) in [5.74, 6) is 0.530. The zero-order valence-corrected chi connectivity index (χ0v) is 11.1. The lowest BCUT2D eigenvalue weighted by Gasteiger charge is -2.22. The van der Waals surface area contributed by atoms with Crippen LogP contribution in [0.2, 0.25) is 0 Å². The molecule has 1 atom stereocenters. The molecule has 0 spiro atoms. The molecule has 5 nitrogen and oxygen atoms in total. The number of methoxy groups -OCH3 is 1. The minimum atomic E-state index is -0.0733. The molecule has 0 aromatic heterocycles. The van der Waals surface area contributed by atoms with Crippen LogP contribution in [0.15, 0.2) is 18.2 Å². The third kappa shape index (κ3) is 3.86. The van der Waals surface area contributed by atoms with E-state index in [0.717, 1.165) is 25.9 Å². The van der Waals surface area contributed by atoms with Gasteiger partial charge >= 0.3 is 0 Å². The quantitative estimate of drug-likeness (QED) is 0.817. The minimum absolute atomic E-state index is 0.0285. The number of amides is 1. The van der Waals surface area contributed by atoms with Crippen LogP contribution in [0, 0.1) is 0 Å². The predicted molar refractivity (Wildman–Crippen MR) is 74.2 cm³/mol. The van der Waals surface area contributed by atoms with Gasteiger partial charge in [-0.2, -0.15) is 0 Å². The number of ether oxygens (including phenoxy) is 2. The van der Waals surface area contributed by atoms with Crippen LogP contribution in [0.25, 0.3) is 0 Å². The van der Waals surface area contributed by atoms with Gasteiger partial charge in [0.2, 0.25) is 5.91 Å². The number of hydrogen-bond donors (Lipinski definition) is 2. The molecular weight excluding hydrogens is 244 g/mol. The maximum atomic E-state index is 12.0. The number of carbonyl (C=O) groups excluding carboxylic acids is 1. The maximum Gasteiger partial charge on any atom is 0.227 e. The average molecular weight is 264 g/mol. The summed E-state index contributed by atoms with van der Waals surface area (Å²) < 4.78 is 10.7. The van der Waals surface area contributed by atoms with E-state index in [2.05, 4.69) is 5.32 Å². The Morgan fingerprint density at radius 3 is 3.05 bits per heavy atom. The van der Waals surface area contributed by atoms with Crippen molar-refractivity contribution in [1.29, 1.82) is 0 Å². The summed E-state index contributed by atoms with van der Waals surface area (Å²) in [6, 6.07) is 5.17. The molecule has 1 amide bonds. The van der Waals surface area contributed by atoms with Crippen LogP contribution in [0.3, 0.4) is 0 Å². The highest BCUT2D eigenvalue weighted by atomic mass is 16.5. The molecule has 1 unspecified atom stereocenters. The summed E-state index contributed by atoms with van der Waals surface area (Å²) >= 11 is 0. The summed E-state index contributed by atoms with van der Waals surface area (Å²) in [6.45, 7) is 0.750. The normalized spacial score (nSPS) is 18.9. The van der Waals surface area contributed by atoms with E-state index in [9.17, 15) is 4.79 Å². The van der Waals surface area contributed by atoms with Gasteiger partial charge in [0, 0.05) is 12.3 Å². The van der Waals surface area contributed by atoms with Crippen LogP contribution in [-0.2, 0) is 9.53 Å². The molecule has 2 rings (SSSR count). The van der Waals surface area contributed by atoms with Crippen molar-refractivity contribution in [1.82, 2.24) is 0 Å². The average Bonchev–Trinajstić information content (AvgIpc) is 2.40. The first-order valence-electron chi connectivity index (χ1n) is 6.54. The number of nitrogens with two attached hydrogens (primary N) is 1. The number of carbonyl (C=O) groups is 1. The van der Waals surface area contributed by atoms with Gasteiger partial charge in [-0.3, -0.25) is 4.79 Å². The molecule has 1 saturated heterocycles. The van der Waals surface area contributed by atoms with Crippen molar-refractivity contribution in [3.63, 3.8) is 0 Å². The molecule has 19 heavy (non-hydrogen) atoms. The van der Waals surface area contributed by atoms with Crippen LogP contribution >= 0.6 is 0 Å². The molecule has 0 radical (unpaired) electrons. The van der Waals surface area contributed by atoms with E-state index in [-0.39, 0.29) is 12.0 Å². The predicted octanol–water partition coefficient (Wildman–Crippen LogP) is 2.18. The number of nitrogen functional groups attached to an aromatic ring is 1. The first-order chi connectivity index (χ1) is 9.19. The number of rotatable bonds is 4. The first-order valence-corrected chi connectivity index (χ1v) is 6.54. The van der Waals surface area contributed by atoms with E-state index in [1.807, 2.05) is 0 Å². The van der Waals surface area contributed by atoms with Gasteiger partial charge in [-0.1, -0.05) is 0 Å². The Bertz CT molecular complexity index is 442. The Kier molecular flexibility index (Phi) is 4.63. The number of nitrogens with one attached hydrogen (secondary N) is 1. The van der Waals surface area contributed by atoms with Gasteiger partial charge in [0.05, 0.1) is 25.3 Å². The highest BCUT2D eigenvalue weighted by Crippen LogP contribution is 2.27. The van der Waals surface area contributed by atoms with Crippen molar-refractivity contribution in [2.24, 2.45) is 0 Å². The van der Waals surface area contributed by atoms with Crippen molar-refractivity contribution in [2.45, 2.75) is 31.8 Å². The molecule has 0 aliphatic carbocycles. The smallest absolute Gasteiger partial charge is 0.227 e. The Hall–Kier alpha value is -1.75. The van der Waals surface area contributed by atoms with Gasteiger partial charge in [-0.25, -0.2) is 0 Å². The van der Waals surface area contributed by atoms with Crippen LogP contribution < -0.4 is 15.8 Å². The molecule has 1 aromatic carbocycles. The van der Waals surface area contributed by atoms with Gasteiger partial charge in [0.1, 0.15) is 5.75 Å². The van der Waals surface area contributed by atoms with Crippen LogP contribution in [-0.4, -0.2) is 25.7 Å². The second-order valence-electron chi connectivity index (χ2n) is 4.70. The standard InChI is InChI=1S/C14H20N2O3/c1-18-13-6-5-10(15)8-12(13)16-14(17)9-11-4-2-3-7-19-11/h5-6,8,11H,2-4,7,9,15H2,1H3,(H,16,17). The Labute approximate surface area is 113 Å². The zero-order valence-electron chi connectivity index (χ0n) is 11.1. The molecule has 3 N–H and O–H groups in total. The van der Waals surface area contributed by atoms with Gasteiger partial charge in [-0.15, -0.1) is 0 Å². The maximum absolute atomic E-state index is 12.0. The van der Waals surface area contributed by atoms with Crippen molar-refractivity contribution in [2.75, 3.05) is 24.8 Å². The second-order valence-corrected chi connectivity index (χ2v) is 4.70. The third-order valence-corrected chi connectivity index (χ3v) is 3.18. The van der Waals surface area contributed by atoms with Crippen LogP contribution in [0.5, 0.6) is 5.75 Å². The van der Waals surface area contributed by atoms with E-state index in [4.69, 9.17) is 15.2 Å². The second kappa shape index (κ2) is 6.43. The lowest BCUT2D eigenvalue weighted by atomic mass is 10.1. The summed E-state index contributed by atoms with van der Waals surface area (Å²) in [6.07, 6.45) is 3.56. The van der Waals surface area contributed by atoms with Gasteiger partial charge in [0.15, 0.2) is 0 Å². The molecule has 0 bridgehead atoms. The van der Waals surface area contributed by atoms with Gasteiger partial charge < -0.3 is 20.5 Å². The summed E-state index contributed by atoms with van der Waals surface area (Å²) in [5.41, 5.74) is 6.90. The number of benzene rings is 1. The monoisotopic (exact) mass is 264 g/mol. The number of hydrogen-bond acceptors (Lipinski definition) is 4. The largest absolute Gasteiger partial charge is 0.495 e. The van der Waals surface area contributed by atoms with E-state index >= 15 is 0 Å². The van der Waals surface area contributed by atoms with Crippen molar-refractivity contribution in [3.8, 4) is 5.75 Å². The first kappa shape index (κ1) is 13.7. The molecule has 104 valence electrons. The lowest BCUT2D eigenvalue weighted by Crippen LogP contribution is -2.25. The molecule has 1 aliphatic rings. The molecule has 1 aliphatic heterocycles. The Morgan fingerprint density at radius 2 is 2.37 bits per heavy atom. The van der Waals surface area contributed by atoms with Crippen LogP contribution in [0.4, 0.5) is 11.4 Å². The molecule has 1 aromatic rings. The third-order valence-electron chi connectivity index (χ3n) is 3.18.